The molecule has 0 amide bonds. The van der Waals surface area contributed by atoms with Gasteiger partial charge in [0.2, 0.25) is 0 Å². The number of hydrogen-bond donors (Lipinski definition) is 1. The Labute approximate surface area is 217 Å². The Hall–Kier alpha value is -4.11. The molecule has 0 bridgehead atoms. The van der Waals surface area contributed by atoms with E-state index in [9.17, 15) is 9.59 Å². The molecule has 1 N–H and O–H groups in total. The number of carbonyl (C=O) groups is 1. The molecule has 2 aromatic heterocycles. The molecule has 8 nitrogen and oxygen atoms in total. The first-order valence-corrected chi connectivity index (χ1v) is 12.8. The van der Waals surface area contributed by atoms with Crippen molar-refractivity contribution in [3.05, 3.63) is 90.7 Å². The van der Waals surface area contributed by atoms with E-state index in [-0.39, 0.29) is 12.2 Å². The maximum Gasteiger partial charge on any atom is 0.338 e. The highest BCUT2D eigenvalue weighted by Crippen LogP contribution is 2.36. The Balaban J connectivity index is 1.74. The number of aromatic nitrogens is 2. The molecule has 0 aliphatic carbocycles. The summed E-state index contributed by atoms with van der Waals surface area (Å²) in [4.78, 5) is 35.4. The van der Waals surface area contributed by atoms with Crippen LogP contribution in [0.5, 0.6) is 11.5 Å². The average Bonchev–Trinajstić information content (AvgIpc) is 3.44. The van der Waals surface area contributed by atoms with Crippen LogP contribution in [-0.4, -0.2) is 35.8 Å². The first-order valence-electron chi connectivity index (χ1n) is 12.0. The topological polar surface area (TPSA) is 94.9 Å². The molecule has 9 heteroatoms. The molecule has 0 spiro atoms. The smallest absolute Gasteiger partial charge is 0.338 e. The maximum absolute atomic E-state index is 13.9. The lowest BCUT2D eigenvalue weighted by Crippen LogP contribution is -2.40. The van der Waals surface area contributed by atoms with Crippen molar-refractivity contribution in [2.45, 2.75) is 26.8 Å². The van der Waals surface area contributed by atoms with Gasteiger partial charge in [0.15, 0.2) is 16.3 Å². The number of hydrogen-bond acceptors (Lipinski definition) is 7. The van der Waals surface area contributed by atoms with Crippen molar-refractivity contribution in [3.63, 3.8) is 0 Å². The Morgan fingerprint density at radius 1 is 1.16 bits per heavy atom. The minimum absolute atomic E-state index is 0.208. The van der Waals surface area contributed by atoms with Gasteiger partial charge in [-0.15, -0.1) is 0 Å². The zero-order valence-electron chi connectivity index (χ0n) is 21.0. The predicted octanol–water partition coefficient (Wildman–Crippen LogP) is 3.69. The van der Waals surface area contributed by atoms with E-state index in [0.29, 0.717) is 44.3 Å². The van der Waals surface area contributed by atoms with Crippen LogP contribution in [0.2, 0.25) is 0 Å². The standard InChI is InChI=1S/C28H27N3O5S/c1-5-35-22-13-17(11-12-21(22)34-4)25-24(27(33)36-6-2)16(3)30-28-31(25)26(32)23(37-28)14-18-15-29-20-10-8-7-9-19(18)20/h7-15,25,29H,5-6H2,1-4H3. The highest BCUT2D eigenvalue weighted by Gasteiger charge is 2.34. The van der Waals surface area contributed by atoms with Crippen molar-refractivity contribution >= 4 is 34.3 Å². The lowest BCUT2D eigenvalue weighted by molar-refractivity contribution is -0.139. The number of H-pyrrole nitrogens is 1. The van der Waals surface area contributed by atoms with Gasteiger partial charge >= 0.3 is 5.97 Å². The van der Waals surface area contributed by atoms with Crippen LogP contribution in [-0.2, 0) is 9.53 Å². The van der Waals surface area contributed by atoms with Crippen molar-refractivity contribution in [1.82, 2.24) is 9.55 Å². The highest BCUT2D eigenvalue weighted by molar-refractivity contribution is 7.07. The van der Waals surface area contributed by atoms with Crippen LogP contribution >= 0.6 is 11.3 Å². The fourth-order valence-corrected chi connectivity index (χ4v) is 5.63. The molecule has 0 saturated heterocycles. The molecule has 0 radical (unpaired) electrons. The number of ether oxygens (including phenoxy) is 3. The van der Waals surface area contributed by atoms with Crippen LogP contribution in [0.15, 0.2) is 69.7 Å². The summed E-state index contributed by atoms with van der Waals surface area (Å²) >= 11 is 1.29. The van der Waals surface area contributed by atoms with Gasteiger partial charge in [0.25, 0.3) is 5.56 Å². The lowest BCUT2D eigenvalue weighted by Gasteiger charge is -2.25. The van der Waals surface area contributed by atoms with Crippen molar-refractivity contribution in [2.75, 3.05) is 20.3 Å². The molecule has 190 valence electrons. The van der Waals surface area contributed by atoms with Gasteiger partial charge in [0, 0.05) is 22.7 Å². The number of methoxy groups -OCH3 is 1. The second-order valence-corrected chi connectivity index (χ2v) is 9.44. The zero-order chi connectivity index (χ0) is 26.1. The molecule has 5 rings (SSSR count). The normalized spacial score (nSPS) is 15.5. The summed E-state index contributed by atoms with van der Waals surface area (Å²) in [5.41, 5.74) is 3.18. The summed E-state index contributed by atoms with van der Waals surface area (Å²) in [6.45, 7) is 6.05. The summed E-state index contributed by atoms with van der Waals surface area (Å²) in [6.07, 6.45) is 3.75. The van der Waals surface area contributed by atoms with E-state index in [1.165, 1.54) is 11.3 Å². The number of benzene rings is 2. The van der Waals surface area contributed by atoms with E-state index in [1.807, 2.05) is 55.6 Å². The summed E-state index contributed by atoms with van der Waals surface area (Å²) in [5.74, 6) is 0.588. The largest absolute Gasteiger partial charge is 0.493 e. The average molecular weight is 518 g/mol. The second kappa shape index (κ2) is 10.1. The summed E-state index contributed by atoms with van der Waals surface area (Å²) in [7, 11) is 1.57. The molecule has 37 heavy (non-hydrogen) atoms. The minimum atomic E-state index is -0.731. The Morgan fingerprint density at radius 3 is 2.73 bits per heavy atom. The zero-order valence-corrected chi connectivity index (χ0v) is 21.8. The molecule has 1 aliphatic rings. The molecule has 0 saturated carbocycles. The first kappa shape index (κ1) is 24.6. The summed E-state index contributed by atoms with van der Waals surface area (Å²) in [5, 5.41) is 1.02. The third kappa shape index (κ3) is 4.35. The van der Waals surface area contributed by atoms with E-state index in [2.05, 4.69) is 9.98 Å². The molecule has 3 heterocycles. The number of rotatable bonds is 7. The van der Waals surface area contributed by atoms with Gasteiger partial charge in [-0.25, -0.2) is 9.79 Å². The number of allylic oxidation sites excluding steroid dienone is 1. The lowest BCUT2D eigenvalue weighted by atomic mass is 9.95. The van der Waals surface area contributed by atoms with Gasteiger partial charge in [-0.2, -0.15) is 0 Å². The number of aromatic amines is 1. The molecule has 2 aromatic carbocycles. The van der Waals surface area contributed by atoms with E-state index in [4.69, 9.17) is 14.2 Å². The number of nitrogens with zero attached hydrogens (tertiary/aromatic N) is 2. The van der Waals surface area contributed by atoms with Crippen LogP contribution < -0.4 is 24.4 Å². The van der Waals surface area contributed by atoms with E-state index in [0.717, 1.165) is 16.5 Å². The second-order valence-electron chi connectivity index (χ2n) is 8.44. The number of thiazole rings is 1. The summed E-state index contributed by atoms with van der Waals surface area (Å²) in [6, 6.07) is 12.6. The number of carbonyl (C=O) groups excluding carboxylic acids is 1. The van der Waals surface area contributed by atoms with Crippen molar-refractivity contribution in [3.8, 4) is 11.5 Å². The fourth-order valence-electron chi connectivity index (χ4n) is 4.59. The number of esters is 1. The molecule has 1 unspecified atom stereocenters. The van der Waals surface area contributed by atoms with Gasteiger partial charge in [-0.3, -0.25) is 9.36 Å². The molecule has 1 atom stereocenters. The van der Waals surface area contributed by atoms with Gasteiger partial charge in [0.1, 0.15) is 0 Å². The van der Waals surface area contributed by atoms with Crippen LogP contribution in [0.4, 0.5) is 0 Å². The molecule has 4 aromatic rings. The number of nitrogens with one attached hydrogen (secondary N) is 1. The third-order valence-electron chi connectivity index (χ3n) is 6.23. The summed E-state index contributed by atoms with van der Waals surface area (Å²) < 4.78 is 18.7. The van der Waals surface area contributed by atoms with E-state index < -0.39 is 12.0 Å². The number of para-hydroxylation sites is 1. The van der Waals surface area contributed by atoms with Gasteiger partial charge in [-0.1, -0.05) is 35.6 Å². The van der Waals surface area contributed by atoms with Gasteiger partial charge in [0.05, 0.1) is 42.2 Å². The van der Waals surface area contributed by atoms with E-state index in [1.54, 1.807) is 31.6 Å². The fraction of sp³-hybridized carbons (Fsp3) is 0.250. The maximum atomic E-state index is 13.9. The van der Waals surface area contributed by atoms with E-state index >= 15 is 0 Å². The van der Waals surface area contributed by atoms with Crippen molar-refractivity contribution in [1.29, 1.82) is 0 Å². The minimum Gasteiger partial charge on any atom is -0.493 e. The Morgan fingerprint density at radius 2 is 1.97 bits per heavy atom. The van der Waals surface area contributed by atoms with Crippen LogP contribution in [0.1, 0.15) is 37.9 Å². The highest BCUT2D eigenvalue weighted by atomic mass is 32.1. The molecular weight excluding hydrogens is 490 g/mol. The first-order chi connectivity index (χ1) is 18.0. The monoisotopic (exact) mass is 517 g/mol. The van der Waals surface area contributed by atoms with Crippen LogP contribution in [0, 0.1) is 0 Å². The van der Waals surface area contributed by atoms with Crippen molar-refractivity contribution in [2.24, 2.45) is 4.99 Å². The van der Waals surface area contributed by atoms with Crippen LogP contribution in [0.25, 0.3) is 17.0 Å². The van der Waals surface area contributed by atoms with Crippen molar-refractivity contribution < 1.29 is 19.0 Å². The third-order valence-corrected chi connectivity index (χ3v) is 7.21. The SMILES string of the molecule is CCOC(=O)C1=C(C)N=c2sc(=Cc3c[nH]c4ccccc34)c(=O)n2C1c1ccc(OC)c(OCC)c1. The number of fused-ring (bicyclic) bond motifs is 2. The Bertz CT molecular complexity index is 1710. The predicted molar refractivity (Wildman–Crippen MR) is 143 cm³/mol. The molecule has 0 fully saturated rings. The molecule has 1 aliphatic heterocycles. The van der Waals surface area contributed by atoms with Gasteiger partial charge in [-0.05, 0) is 50.6 Å². The van der Waals surface area contributed by atoms with Crippen LogP contribution in [0.3, 0.4) is 0 Å². The molecular formula is C28H27N3O5S. The quantitative estimate of drug-likeness (QED) is 0.378. The Kier molecular flexibility index (Phi) is 6.71. The van der Waals surface area contributed by atoms with Gasteiger partial charge < -0.3 is 19.2 Å².